The summed E-state index contributed by atoms with van der Waals surface area (Å²) in [7, 11) is 0. The zero-order valence-electron chi connectivity index (χ0n) is 12.3. The van der Waals surface area contributed by atoms with Crippen LogP contribution < -0.4 is 10.3 Å². The maximum Gasteiger partial charge on any atom is 0.270 e. The number of nitrogens with zero attached hydrogens (tertiary/aromatic N) is 2. The molecule has 0 bridgehead atoms. The molecule has 1 aromatic heterocycles. The average Bonchev–Trinajstić information content (AvgIpc) is 2.47. The molecule has 1 heterocycles. The lowest BCUT2D eigenvalue weighted by Crippen LogP contribution is -2.15. The van der Waals surface area contributed by atoms with Gasteiger partial charge in [0.2, 0.25) is 0 Å². The molecule has 22 heavy (non-hydrogen) atoms. The highest BCUT2D eigenvalue weighted by molar-refractivity contribution is 7.98. The third-order valence-electron chi connectivity index (χ3n) is 2.76. The van der Waals surface area contributed by atoms with Crippen LogP contribution in [0.4, 0.5) is 0 Å². The molecule has 0 atom stereocenters. The summed E-state index contributed by atoms with van der Waals surface area (Å²) >= 11 is 7.34. The van der Waals surface area contributed by atoms with E-state index in [0.29, 0.717) is 21.5 Å². The van der Waals surface area contributed by atoms with Crippen molar-refractivity contribution in [2.45, 2.75) is 25.1 Å². The number of nitriles is 1. The molecule has 1 aromatic carbocycles. The molecular formula is C15H14ClN3O2S. The van der Waals surface area contributed by atoms with Crippen LogP contribution >= 0.6 is 23.4 Å². The van der Waals surface area contributed by atoms with E-state index in [0.717, 1.165) is 0 Å². The van der Waals surface area contributed by atoms with Crippen LogP contribution in [0.2, 0.25) is 5.02 Å². The molecule has 0 radical (unpaired) electrons. The summed E-state index contributed by atoms with van der Waals surface area (Å²) in [6.07, 6.45) is 1.73. The molecule has 5 nitrogen and oxygen atoms in total. The maximum atomic E-state index is 12.0. The molecule has 0 aliphatic carbocycles. The minimum Gasteiger partial charge on any atom is -0.490 e. The SMILES string of the molecule is CSc1nc(-c2cc(Cl)ccc2OC(C)C)c(C#N)c(=O)[nH]1. The molecule has 0 fully saturated rings. The Bertz CT molecular complexity index is 796. The summed E-state index contributed by atoms with van der Waals surface area (Å²) in [5.74, 6) is 0.529. The van der Waals surface area contributed by atoms with Crippen LogP contribution in [-0.2, 0) is 0 Å². The topological polar surface area (TPSA) is 78.8 Å². The minimum atomic E-state index is -0.479. The van der Waals surface area contributed by atoms with Gasteiger partial charge in [0, 0.05) is 10.6 Å². The normalized spacial score (nSPS) is 10.5. The number of thioether (sulfide) groups is 1. The molecule has 2 aromatic rings. The van der Waals surface area contributed by atoms with Crippen LogP contribution in [0.3, 0.4) is 0 Å². The number of H-pyrrole nitrogens is 1. The van der Waals surface area contributed by atoms with E-state index in [9.17, 15) is 10.1 Å². The van der Waals surface area contributed by atoms with E-state index in [1.807, 2.05) is 19.9 Å². The predicted molar refractivity (Wildman–Crippen MR) is 87.6 cm³/mol. The second-order valence-corrected chi connectivity index (χ2v) is 5.95. The van der Waals surface area contributed by atoms with Crippen LogP contribution in [0.1, 0.15) is 19.4 Å². The van der Waals surface area contributed by atoms with Gasteiger partial charge in [0.25, 0.3) is 5.56 Å². The molecule has 0 aliphatic heterocycles. The predicted octanol–water partition coefficient (Wildman–Crippen LogP) is 3.47. The number of rotatable bonds is 4. The Hall–Kier alpha value is -1.97. The van der Waals surface area contributed by atoms with E-state index >= 15 is 0 Å². The van der Waals surface area contributed by atoms with Crippen molar-refractivity contribution in [3.05, 3.63) is 39.1 Å². The molecule has 0 amide bonds. The summed E-state index contributed by atoms with van der Waals surface area (Å²) < 4.78 is 5.74. The van der Waals surface area contributed by atoms with Crippen molar-refractivity contribution in [1.82, 2.24) is 9.97 Å². The van der Waals surface area contributed by atoms with E-state index in [4.69, 9.17) is 16.3 Å². The number of hydrogen-bond acceptors (Lipinski definition) is 5. The van der Waals surface area contributed by atoms with Crippen molar-refractivity contribution in [1.29, 1.82) is 5.26 Å². The monoisotopic (exact) mass is 335 g/mol. The number of halogens is 1. The Morgan fingerprint density at radius 3 is 2.77 bits per heavy atom. The molecule has 7 heteroatoms. The van der Waals surface area contributed by atoms with E-state index in [2.05, 4.69) is 9.97 Å². The summed E-state index contributed by atoms with van der Waals surface area (Å²) in [6.45, 7) is 3.78. The van der Waals surface area contributed by atoms with Gasteiger partial charge < -0.3 is 9.72 Å². The van der Waals surface area contributed by atoms with Gasteiger partial charge in [-0.15, -0.1) is 0 Å². The number of hydrogen-bond donors (Lipinski definition) is 1. The van der Waals surface area contributed by atoms with Crippen molar-refractivity contribution in [3.8, 4) is 23.1 Å². The summed E-state index contributed by atoms with van der Waals surface area (Å²) in [4.78, 5) is 18.9. The van der Waals surface area contributed by atoms with Gasteiger partial charge in [-0.1, -0.05) is 23.4 Å². The smallest absolute Gasteiger partial charge is 0.270 e. The van der Waals surface area contributed by atoms with Gasteiger partial charge in [-0.2, -0.15) is 5.26 Å². The zero-order chi connectivity index (χ0) is 16.3. The molecule has 0 aliphatic rings. The van der Waals surface area contributed by atoms with Gasteiger partial charge in [0.15, 0.2) is 5.16 Å². The number of benzene rings is 1. The highest BCUT2D eigenvalue weighted by atomic mass is 35.5. The summed E-state index contributed by atoms with van der Waals surface area (Å²) in [5.41, 5.74) is 0.258. The first-order valence-electron chi connectivity index (χ1n) is 6.51. The Balaban J connectivity index is 2.75. The lowest BCUT2D eigenvalue weighted by atomic mass is 10.1. The number of aromatic amines is 1. The average molecular weight is 336 g/mol. The summed E-state index contributed by atoms with van der Waals surface area (Å²) in [6, 6.07) is 6.95. The Morgan fingerprint density at radius 2 is 2.18 bits per heavy atom. The molecule has 0 spiro atoms. The highest BCUT2D eigenvalue weighted by Gasteiger charge is 2.18. The van der Waals surface area contributed by atoms with Gasteiger partial charge in [-0.3, -0.25) is 4.79 Å². The van der Waals surface area contributed by atoms with Gasteiger partial charge in [-0.25, -0.2) is 4.98 Å². The third-order valence-corrected chi connectivity index (χ3v) is 3.58. The largest absolute Gasteiger partial charge is 0.490 e. The van der Waals surface area contributed by atoms with Crippen LogP contribution in [0.25, 0.3) is 11.3 Å². The number of nitrogens with one attached hydrogen (secondary N) is 1. The first-order valence-corrected chi connectivity index (χ1v) is 8.11. The maximum absolute atomic E-state index is 12.0. The van der Waals surface area contributed by atoms with Gasteiger partial charge >= 0.3 is 0 Å². The number of aromatic nitrogens is 2. The van der Waals surface area contributed by atoms with E-state index in [1.54, 1.807) is 24.5 Å². The fourth-order valence-corrected chi connectivity index (χ4v) is 2.44. The standard InChI is InChI=1S/C15H14ClN3O2S/c1-8(2)21-12-5-4-9(16)6-10(12)13-11(7-17)14(20)19-15(18-13)22-3/h4-6,8H,1-3H3,(H,18,19,20). The van der Waals surface area contributed by atoms with Crippen LogP contribution in [0.15, 0.2) is 28.2 Å². The van der Waals surface area contributed by atoms with E-state index < -0.39 is 5.56 Å². The van der Waals surface area contributed by atoms with Crippen molar-refractivity contribution < 1.29 is 4.74 Å². The fourth-order valence-electron chi connectivity index (χ4n) is 1.89. The molecule has 0 saturated heterocycles. The molecular weight excluding hydrogens is 322 g/mol. The zero-order valence-corrected chi connectivity index (χ0v) is 13.9. The quantitative estimate of drug-likeness (QED) is 0.683. The van der Waals surface area contributed by atoms with Crippen molar-refractivity contribution in [2.24, 2.45) is 0 Å². The van der Waals surface area contributed by atoms with E-state index in [1.165, 1.54) is 11.8 Å². The molecule has 0 saturated carbocycles. The van der Waals surface area contributed by atoms with Crippen LogP contribution in [0.5, 0.6) is 5.75 Å². The Kier molecular flexibility index (Phi) is 5.11. The first-order chi connectivity index (χ1) is 10.5. The fraction of sp³-hybridized carbons (Fsp3) is 0.267. The first kappa shape index (κ1) is 16.4. The van der Waals surface area contributed by atoms with Gasteiger partial charge in [0.1, 0.15) is 23.1 Å². The number of ether oxygens (including phenoxy) is 1. The van der Waals surface area contributed by atoms with E-state index in [-0.39, 0.29) is 17.4 Å². The van der Waals surface area contributed by atoms with Crippen molar-refractivity contribution in [3.63, 3.8) is 0 Å². The minimum absolute atomic E-state index is 0.0614. The van der Waals surface area contributed by atoms with Gasteiger partial charge in [-0.05, 0) is 38.3 Å². The second-order valence-electron chi connectivity index (χ2n) is 4.72. The Morgan fingerprint density at radius 1 is 1.45 bits per heavy atom. The van der Waals surface area contributed by atoms with Gasteiger partial charge in [0.05, 0.1) is 6.10 Å². The lowest BCUT2D eigenvalue weighted by Gasteiger charge is -2.15. The third kappa shape index (κ3) is 3.43. The highest BCUT2D eigenvalue weighted by Crippen LogP contribution is 2.33. The second kappa shape index (κ2) is 6.86. The molecule has 0 unspecified atom stereocenters. The molecule has 2 rings (SSSR count). The van der Waals surface area contributed by atoms with Crippen LogP contribution in [0, 0.1) is 11.3 Å². The molecule has 114 valence electrons. The lowest BCUT2D eigenvalue weighted by molar-refractivity contribution is 0.243. The van der Waals surface area contributed by atoms with Crippen molar-refractivity contribution in [2.75, 3.05) is 6.26 Å². The van der Waals surface area contributed by atoms with Crippen LogP contribution in [-0.4, -0.2) is 22.3 Å². The summed E-state index contributed by atoms with van der Waals surface area (Å²) in [5, 5.41) is 10.2. The van der Waals surface area contributed by atoms with Crippen molar-refractivity contribution >= 4 is 23.4 Å². The molecule has 1 N–H and O–H groups in total. The Labute approximate surface area is 137 Å².